The average molecular weight is 466 g/mol. The number of carbonyl (C=O) groups is 1. The van der Waals surface area contributed by atoms with Gasteiger partial charge in [-0.25, -0.2) is 0 Å². The van der Waals surface area contributed by atoms with E-state index in [9.17, 15) is 4.79 Å². The summed E-state index contributed by atoms with van der Waals surface area (Å²) >= 11 is 6.52. The van der Waals surface area contributed by atoms with Gasteiger partial charge in [0.15, 0.2) is 5.82 Å². The van der Waals surface area contributed by atoms with Gasteiger partial charge in [-0.15, -0.1) is 10.2 Å². The van der Waals surface area contributed by atoms with E-state index in [0.717, 1.165) is 56.1 Å². The molecule has 1 amide bonds. The van der Waals surface area contributed by atoms with Crippen molar-refractivity contribution >= 4 is 23.2 Å². The monoisotopic (exact) mass is 465 g/mol. The first-order valence-corrected chi connectivity index (χ1v) is 12.2. The van der Waals surface area contributed by atoms with Gasteiger partial charge in [0.2, 0.25) is 0 Å². The summed E-state index contributed by atoms with van der Waals surface area (Å²) in [6, 6.07) is 13.8. The minimum absolute atomic E-state index is 0.147. The SMILES string of the molecule is CCN(Cc1ccc(C(=O)Nc2ccc(Cl)c(-c3nnc4n3CCCCC4)c2)cc1)C(C)C. The van der Waals surface area contributed by atoms with Crippen LogP contribution in [0, 0.1) is 0 Å². The zero-order chi connectivity index (χ0) is 23.4. The molecule has 0 saturated heterocycles. The number of amides is 1. The van der Waals surface area contributed by atoms with Gasteiger partial charge < -0.3 is 9.88 Å². The highest BCUT2D eigenvalue weighted by atomic mass is 35.5. The molecule has 1 aliphatic rings. The molecule has 3 aromatic rings. The van der Waals surface area contributed by atoms with E-state index in [4.69, 9.17) is 11.6 Å². The van der Waals surface area contributed by atoms with Gasteiger partial charge in [-0.3, -0.25) is 9.69 Å². The second kappa shape index (κ2) is 10.5. The van der Waals surface area contributed by atoms with Crippen LogP contribution in [0.5, 0.6) is 0 Å². The van der Waals surface area contributed by atoms with Gasteiger partial charge >= 0.3 is 0 Å². The van der Waals surface area contributed by atoms with Crippen molar-refractivity contribution in [3.63, 3.8) is 0 Å². The molecule has 4 rings (SSSR count). The molecule has 0 aliphatic carbocycles. The Balaban J connectivity index is 1.50. The molecule has 0 atom stereocenters. The van der Waals surface area contributed by atoms with Crippen LogP contribution < -0.4 is 5.32 Å². The molecule has 1 aromatic heterocycles. The van der Waals surface area contributed by atoms with E-state index in [1.54, 1.807) is 6.07 Å². The van der Waals surface area contributed by atoms with E-state index in [1.807, 2.05) is 36.4 Å². The third kappa shape index (κ3) is 5.45. The van der Waals surface area contributed by atoms with Gasteiger partial charge in [-0.2, -0.15) is 0 Å². The zero-order valence-electron chi connectivity index (χ0n) is 19.6. The number of nitrogens with zero attached hydrogens (tertiary/aromatic N) is 4. The molecule has 1 aliphatic heterocycles. The lowest BCUT2D eigenvalue weighted by atomic mass is 10.1. The summed E-state index contributed by atoms with van der Waals surface area (Å²) in [7, 11) is 0. The van der Waals surface area contributed by atoms with Crippen molar-refractivity contribution in [1.82, 2.24) is 19.7 Å². The number of fused-ring (bicyclic) bond motifs is 1. The van der Waals surface area contributed by atoms with Crippen molar-refractivity contribution in [2.45, 2.75) is 65.6 Å². The van der Waals surface area contributed by atoms with Crippen molar-refractivity contribution in [2.75, 3.05) is 11.9 Å². The molecule has 0 radical (unpaired) electrons. The van der Waals surface area contributed by atoms with Crippen molar-refractivity contribution in [3.8, 4) is 11.4 Å². The van der Waals surface area contributed by atoms with E-state index in [0.29, 0.717) is 22.3 Å². The van der Waals surface area contributed by atoms with Crippen LogP contribution in [0.15, 0.2) is 42.5 Å². The highest BCUT2D eigenvalue weighted by Crippen LogP contribution is 2.31. The summed E-state index contributed by atoms with van der Waals surface area (Å²) in [6.07, 6.45) is 4.37. The van der Waals surface area contributed by atoms with E-state index in [2.05, 4.69) is 45.8 Å². The summed E-state index contributed by atoms with van der Waals surface area (Å²) in [5.41, 5.74) is 3.30. The fraction of sp³-hybridized carbons (Fsp3) is 0.423. The van der Waals surface area contributed by atoms with Crippen LogP contribution in [0.2, 0.25) is 5.02 Å². The number of nitrogens with one attached hydrogen (secondary N) is 1. The van der Waals surface area contributed by atoms with Crippen LogP contribution >= 0.6 is 11.6 Å². The smallest absolute Gasteiger partial charge is 0.255 e. The van der Waals surface area contributed by atoms with Gasteiger partial charge in [0.1, 0.15) is 5.82 Å². The van der Waals surface area contributed by atoms with Gasteiger partial charge in [-0.05, 0) is 69.1 Å². The number of carbonyl (C=O) groups excluding carboxylic acids is 1. The second-order valence-electron chi connectivity index (χ2n) is 8.90. The lowest BCUT2D eigenvalue weighted by Crippen LogP contribution is -2.29. The molecular weight excluding hydrogens is 434 g/mol. The molecule has 0 unspecified atom stereocenters. The first kappa shape index (κ1) is 23.5. The molecule has 1 N–H and O–H groups in total. The maximum absolute atomic E-state index is 12.9. The number of anilines is 1. The fourth-order valence-corrected chi connectivity index (χ4v) is 4.52. The van der Waals surface area contributed by atoms with Crippen LogP contribution in [-0.4, -0.2) is 38.2 Å². The lowest BCUT2D eigenvalue weighted by Gasteiger charge is -2.24. The molecule has 33 heavy (non-hydrogen) atoms. The number of halogens is 1. The number of aromatic nitrogens is 3. The molecule has 174 valence electrons. The first-order valence-electron chi connectivity index (χ1n) is 11.8. The molecule has 2 heterocycles. The Kier molecular flexibility index (Phi) is 7.46. The Hall–Kier alpha value is -2.70. The summed E-state index contributed by atoms with van der Waals surface area (Å²) in [6.45, 7) is 9.32. The fourth-order valence-electron chi connectivity index (χ4n) is 4.32. The predicted molar refractivity (Wildman–Crippen MR) is 134 cm³/mol. The Morgan fingerprint density at radius 2 is 1.91 bits per heavy atom. The van der Waals surface area contributed by atoms with Crippen LogP contribution in [0.3, 0.4) is 0 Å². The standard InChI is InChI=1S/C26H32ClN5O/c1-4-31(18(2)3)17-19-9-11-20(12-10-19)26(33)28-21-13-14-23(27)22(16-21)25-30-29-24-8-6-5-7-15-32(24)25/h9-14,16,18H,4-8,15,17H2,1-3H3,(H,28,33). The van der Waals surface area contributed by atoms with Crippen molar-refractivity contribution in [1.29, 1.82) is 0 Å². The maximum Gasteiger partial charge on any atom is 0.255 e. The third-order valence-corrected chi connectivity index (χ3v) is 6.64. The highest BCUT2D eigenvalue weighted by molar-refractivity contribution is 6.33. The Morgan fingerprint density at radius 3 is 2.64 bits per heavy atom. The molecule has 6 nitrogen and oxygen atoms in total. The largest absolute Gasteiger partial charge is 0.322 e. The van der Waals surface area contributed by atoms with E-state index in [1.165, 1.54) is 12.0 Å². The number of hydrogen-bond donors (Lipinski definition) is 1. The summed E-state index contributed by atoms with van der Waals surface area (Å²) in [5.74, 6) is 1.63. The van der Waals surface area contributed by atoms with Gasteiger partial charge in [0, 0.05) is 42.4 Å². The minimum Gasteiger partial charge on any atom is -0.322 e. The molecular formula is C26H32ClN5O. The molecule has 0 fully saturated rings. The Bertz CT molecular complexity index is 1110. The van der Waals surface area contributed by atoms with Crippen LogP contribution in [0.4, 0.5) is 5.69 Å². The molecule has 7 heteroatoms. The van der Waals surface area contributed by atoms with Crippen LogP contribution in [0.25, 0.3) is 11.4 Å². The van der Waals surface area contributed by atoms with Gasteiger partial charge in [0.05, 0.1) is 5.02 Å². The van der Waals surface area contributed by atoms with Crippen LogP contribution in [0.1, 0.15) is 61.8 Å². The number of hydrogen-bond acceptors (Lipinski definition) is 4. The lowest BCUT2D eigenvalue weighted by molar-refractivity contribution is 0.102. The van der Waals surface area contributed by atoms with E-state index in [-0.39, 0.29) is 5.91 Å². The van der Waals surface area contributed by atoms with E-state index < -0.39 is 0 Å². The zero-order valence-corrected chi connectivity index (χ0v) is 20.4. The molecule has 0 spiro atoms. The quantitative estimate of drug-likeness (QED) is 0.478. The number of aryl methyl sites for hydroxylation is 1. The number of rotatable bonds is 7. The summed E-state index contributed by atoms with van der Waals surface area (Å²) in [5, 5.41) is 12.4. The minimum atomic E-state index is -0.147. The van der Waals surface area contributed by atoms with Crippen molar-refractivity contribution < 1.29 is 4.79 Å². The first-order chi connectivity index (χ1) is 16.0. The van der Waals surface area contributed by atoms with Crippen LogP contribution in [-0.2, 0) is 19.5 Å². The third-order valence-electron chi connectivity index (χ3n) is 6.31. The van der Waals surface area contributed by atoms with Crippen molar-refractivity contribution in [2.24, 2.45) is 0 Å². The maximum atomic E-state index is 12.9. The van der Waals surface area contributed by atoms with Crippen molar-refractivity contribution in [3.05, 3.63) is 64.4 Å². The topological polar surface area (TPSA) is 63.1 Å². The Labute approximate surface area is 201 Å². The average Bonchev–Trinajstić information content (AvgIpc) is 3.06. The molecule has 0 bridgehead atoms. The second-order valence-corrected chi connectivity index (χ2v) is 9.31. The number of benzene rings is 2. The molecule has 0 saturated carbocycles. The van der Waals surface area contributed by atoms with Gasteiger partial charge in [-0.1, -0.05) is 37.1 Å². The summed E-state index contributed by atoms with van der Waals surface area (Å²) in [4.78, 5) is 15.3. The Morgan fingerprint density at radius 1 is 1.12 bits per heavy atom. The van der Waals surface area contributed by atoms with E-state index >= 15 is 0 Å². The molecule has 2 aromatic carbocycles. The van der Waals surface area contributed by atoms with Gasteiger partial charge in [0.25, 0.3) is 5.91 Å². The predicted octanol–water partition coefficient (Wildman–Crippen LogP) is 5.81. The summed E-state index contributed by atoms with van der Waals surface area (Å²) < 4.78 is 2.16. The normalized spacial score (nSPS) is 13.8. The highest BCUT2D eigenvalue weighted by Gasteiger charge is 2.19.